The predicted molar refractivity (Wildman–Crippen MR) is 77.2 cm³/mol. The Bertz CT molecular complexity index is 873. The zero-order valence-electron chi connectivity index (χ0n) is 12.2. The Kier molecular flexibility index (Phi) is 9.29. The Morgan fingerprint density at radius 1 is 0.720 bits per heavy atom. The van der Waals surface area contributed by atoms with Gasteiger partial charge in [0, 0.05) is 0 Å². The third-order valence-electron chi connectivity index (χ3n) is 2.52. The van der Waals surface area contributed by atoms with Crippen molar-refractivity contribution in [1.82, 2.24) is 0 Å². The molecule has 0 aliphatic carbocycles. The second kappa shape index (κ2) is 9.46. The first-order valence-electron chi connectivity index (χ1n) is 5.99. The molecule has 0 atom stereocenters. The molecule has 0 fully saturated rings. The van der Waals surface area contributed by atoms with Gasteiger partial charge in [-0.2, -0.15) is 8.42 Å². The first-order valence-corrected chi connectivity index (χ1v) is 10.5. The van der Waals surface area contributed by atoms with Crippen molar-refractivity contribution < 1.29 is 67.9 Å². The minimum Gasteiger partial charge on any atom is -0.807 e. The largest absolute Gasteiger partial charge is 4.00 e. The molecule has 0 heterocycles. The Balaban J connectivity index is 0.000000465. The van der Waals surface area contributed by atoms with E-state index < -0.39 is 35.5 Å². The van der Waals surface area contributed by atoms with Crippen LogP contribution in [0.25, 0.3) is 0 Å². The van der Waals surface area contributed by atoms with Gasteiger partial charge in [0.25, 0.3) is 10.1 Å². The van der Waals surface area contributed by atoms with Gasteiger partial charge < -0.3 is 28.7 Å². The molecule has 0 aliphatic rings. The molecule has 2 aromatic rings. The van der Waals surface area contributed by atoms with Gasteiger partial charge in [-0.15, -0.1) is 0 Å². The summed E-state index contributed by atoms with van der Waals surface area (Å²) in [6, 6.07) is 10.6. The molecule has 2 rings (SSSR count). The van der Waals surface area contributed by atoms with Crippen LogP contribution in [0.2, 0.25) is 0 Å². The van der Waals surface area contributed by atoms with Crippen LogP contribution in [-0.4, -0.2) is 13.0 Å². The van der Waals surface area contributed by atoms with Gasteiger partial charge in [0.2, 0.25) is 0 Å². The minimum atomic E-state index is -4.87. The van der Waals surface area contributed by atoms with Crippen LogP contribution < -0.4 is 30.2 Å². The fourth-order valence-corrected chi connectivity index (χ4v) is 2.94. The number of rotatable bonds is 3. The molecule has 0 saturated heterocycles. The summed E-state index contributed by atoms with van der Waals surface area (Å²) in [5, 5.41) is -0.681. The molecular weight excluding hydrogens is 473 g/mol. The van der Waals surface area contributed by atoms with Gasteiger partial charge >= 0.3 is 26.2 Å². The van der Waals surface area contributed by atoms with E-state index >= 15 is 0 Å². The normalized spacial score (nSPS) is 11.7. The summed E-state index contributed by atoms with van der Waals surface area (Å²) in [5.74, 6) is 0. The van der Waals surface area contributed by atoms with E-state index in [2.05, 4.69) is 0 Å². The summed E-state index contributed by atoms with van der Waals surface area (Å²) in [6.45, 7) is 0. The summed E-state index contributed by atoms with van der Waals surface area (Å²) in [4.78, 5) is 41.1. The molecule has 9 nitrogen and oxygen atoms in total. The van der Waals surface area contributed by atoms with Crippen LogP contribution in [0.1, 0.15) is 0 Å². The monoisotopic (exact) mass is 482 g/mol. The van der Waals surface area contributed by atoms with Crippen LogP contribution in [0.15, 0.2) is 59.5 Å². The summed E-state index contributed by atoms with van der Waals surface area (Å²) >= 11 is 0. The number of benzene rings is 2. The van der Waals surface area contributed by atoms with E-state index in [9.17, 15) is 37.1 Å². The van der Waals surface area contributed by atoms with Crippen molar-refractivity contribution in [3.8, 4) is 0 Å². The fourth-order valence-electron chi connectivity index (χ4n) is 1.41. The van der Waals surface area contributed by atoms with Crippen LogP contribution in [0.4, 0.5) is 0 Å². The first-order chi connectivity index (χ1) is 10.8. The molecule has 0 amide bonds. The van der Waals surface area contributed by atoms with Crippen LogP contribution in [-0.2, 0) is 45.5 Å². The average Bonchev–Trinajstić information content (AvgIpc) is 2.46. The van der Waals surface area contributed by atoms with Crippen molar-refractivity contribution in [2.24, 2.45) is 0 Å². The Morgan fingerprint density at radius 3 is 1.36 bits per heavy atom. The van der Waals surface area contributed by atoms with Crippen LogP contribution >= 0.6 is 15.2 Å². The van der Waals surface area contributed by atoms with Crippen LogP contribution in [0, 0.1) is 0 Å². The average molecular weight is 483 g/mol. The standard InChI is InChI=1S/C6H7O6PS.C6H7O3P.Zr/c7-13(8,9)5-1-3-6(4-2-5)14(10,11)12;7-10(8,9)6-4-2-1-3-5-6;/h1-4H,(H2,7,8,9)(H,10,11,12);1-5H,(H2,7,8,9);/q;;+4/p-4. The summed E-state index contributed by atoms with van der Waals surface area (Å²) < 4.78 is 50.3. The van der Waals surface area contributed by atoms with Crippen molar-refractivity contribution >= 4 is 35.9 Å². The van der Waals surface area contributed by atoms with E-state index in [-0.39, 0.29) is 31.5 Å². The molecule has 0 aliphatic heterocycles. The quantitative estimate of drug-likeness (QED) is 0.371. The van der Waals surface area contributed by atoms with Crippen molar-refractivity contribution in [3.63, 3.8) is 0 Å². The molecule has 13 heteroatoms. The fraction of sp³-hybridized carbons (Fsp3) is 0. The third kappa shape index (κ3) is 8.64. The molecule has 132 valence electrons. The van der Waals surface area contributed by atoms with Crippen molar-refractivity contribution in [2.75, 3.05) is 0 Å². The first kappa shape index (κ1) is 24.5. The maximum absolute atomic E-state index is 10.5. The summed E-state index contributed by atoms with van der Waals surface area (Å²) in [6.07, 6.45) is 0. The van der Waals surface area contributed by atoms with Crippen LogP contribution in [0.3, 0.4) is 0 Å². The van der Waals surface area contributed by atoms with Gasteiger partial charge in [-0.25, -0.2) is 0 Å². The van der Waals surface area contributed by atoms with Gasteiger partial charge in [0.1, 0.15) is 0 Å². The Morgan fingerprint density at radius 2 is 1.08 bits per heavy atom. The molecule has 2 aromatic carbocycles. The van der Waals surface area contributed by atoms with Gasteiger partial charge in [-0.1, -0.05) is 42.5 Å². The topological polar surface area (TPSA) is 181 Å². The molecule has 0 bridgehead atoms. The number of hydrogen-bond donors (Lipinski definition) is 1. The van der Waals surface area contributed by atoms with Gasteiger partial charge in [-0.3, -0.25) is 4.55 Å². The molecule has 0 saturated carbocycles. The summed E-state index contributed by atoms with van der Waals surface area (Å²) in [7, 11) is -13.7. The minimum absolute atomic E-state index is 0. The zero-order valence-corrected chi connectivity index (χ0v) is 17.3. The van der Waals surface area contributed by atoms with E-state index in [1.807, 2.05) is 0 Å². The Hall–Kier alpha value is -0.467. The molecule has 0 unspecified atom stereocenters. The van der Waals surface area contributed by atoms with Crippen molar-refractivity contribution in [3.05, 3.63) is 54.6 Å². The van der Waals surface area contributed by atoms with E-state index in [1.165, 1.54) is 24.3 Å². The number of hydrogen-bond acceptors (Lipinski definition) is 8. The smallest absolute Gasteiger partial charge is 0.807 e. The maximum atomic E-state index is 10.5. The van der Waals surface area contributed by atoms with Gasteiger partial charge in [0.15, 0.2) is 0 Å². The van der Waals surface area contributed by atoms with E-state index in [4.69, 9.17) is 4.55 Å². The third-order valence-corrected chi connectivity index (χ3v) is 5.25. The molecule has 0 aromatic heterocycles. The second-order valence-electron chi connectivity index (χ2n) is 4.30. The zero-order chi connectivity index (χ0) is 18.6. The molecule has 1 N–H and O–H groups in total. The van der Waals surface area contributed by atoms with Gasteiger partial charge in [-0.05, 0) is 37.9 Å². The van der Waals surface area contributed by atoms with E-state index in [0.717, 1.165) is 24.3 Å². The molecular formula is C12H10O9P2SZr. The maximum Gasteiger partial charge on any atom is 4.00 e. The molecule has 0 spiro atoms. The van der Waals surface area contributed by atoms with Crippen molar-refractivity contribution in [1.29, 1.82) is 0 Å². The molecule has 0 radical (unpaired) electrons. The molecule has 25 heavy (non-hydrogen) atoms. The van der Waals surface area contributed by atoms with Crippen molar-refractivity contribution in [2.45, 2.75) is 4.90 Å². The second-order valence-corrected chi connectivity index (χ2v) is 8.74. The predicted octanol–water partition coefficient (Wildman–Crippen LogP) is -2.30. The van der Waals surface area contributed by atoms with Gasteiger partial charge in [0.05, 0.1) is 4.90 Å². The Labute approximate surface area is 162 Å². The van der Waals surface area contributed by atoms with E-state index in [1.54, 1.807) is 6.07 Å². The SMILES string of the molecule is O=P([O-])([O-])c1ccc(S(=O)(=O)O)cc1.O=P([O-])([O-])c1ccccc1.[Zr+4]. The summed E-state index contributed by atoms with van der Waals surface area (Å²) in [5.41, 5.74) is 0. The van der Waals surface area contributed by atoms with E-state index in [0.29, 0.717) is 0 Å². The van der Waals surface area contributed by atoms with Crippen LogP contribution in [0.5, 0.6) is 0 Å².